The first-order chi connectivity index (χ1) is 34.2. The Labute approximate surface area is 420 Å². The fourth-order valence-corrected chi connectivity index (χ4v) is 11.2. The van der Waals surface area contributed by atoms with Gasteiger partial charge in [0.05, 0.1) is 24.0 Å². The average molecular weight is 995 g/mol. The molecule has 0 spiro atoms. The van der Waals surface area contributed by atoms with E-state index < -0.39 is 18.1 Å². The highest BCUT2D eigenvalue weighted by atomic mass is 35.5. The van der Waals surface area contributed by atoms with E-state index in [0.717, 1.165) is 66.9 Å². The summed E-state index contributed by atoms with van der Waals surface area (Å²) in [5, 5.41) is 21.6. The molecule has 5 aromatic heterocycles. The van der Waals surface area contributed by atoms with Crippen LogP contribution in [0.25, 0.3) is 27.5 Å². The van der Waals surface area contributed by atoms with Gasteiger partial charge in [-0.25, -0.2) is 9.97 Å². The molecule has 1 saturated carbocycles. The summed E-state index contributed by atoms with van der Waals surface area (Å²) in [7, 11) is 0. The second-order valence-electron chi connectivity index (χ2n) is 19.4. The molecule has 2 fully saturated rings. The van der Waals surface area contributed by atoms with Crippen molar-refractivity contribution in [3.8, 4) is 33.3 Å². The summed E-state index contributed by atoms with van der Waals surface area (Å²) in [6.45, 7) is 14.9. The molecule has 10 rings (SSSR count). The molecule has 0 radical (unpaired) electrons. The maximum absolute atomic E-state index is 14.4. The van der Waals surface area contributed by atoms with E-state index in [1.807, 2.05) is 99.1 Å². The Hall–Kier alpha value is -6.98. The Morgan fingerprint density at radius 1 is 0.930 bits per heavy atom. The number of carbonyl (C=O) groups is 3. The summed E-state index contributed by atoms with van der Waals surface area (Å²) in [5.74, 6) is 2.15. The second kappa shape index (κ2) is 19.7. The van der Waals surface area contributed by atoms with Crippen LogP contribution in [-0.2, 0) is 20.9 Å². The van der Waals surface area contributed by atoms with E-state index in [4.69, 9.17) is 30.8 Å². The van der Waals surface area contributed by atoms with E-state index in [2.05, 4.69) is 51.6 Å². The number of nitrogens with one attached hydrogen (secondary N) is 2. The minimum absolute atomic E-state index is 0.0755. The molecule has 71 heavy (non-hydrogen) atoms. The average Bonchev–Trinajstić information content (AvgIpc) is 4.19. The van der Waals surface area contributed by atoms with Gasteiger partial charge in [-0.15, -0.1) is 21.5 Å². The van der Waals surface area contributed by atoms with E-state index in [-0.39, 0.29) is 48.1 Å². The number of oxazole rings is 1. The van der Waals surface area contributed by atoms with E-state index in [1.54, 1.807) is 33.3 Å². The lowest BCUT2D eigenvalue weighted by molar-refractivity contribution is -0.142. The minimum Gasteiger partial charge on any atom is -0.474 e. The van der Waals surface area contributed by atoms with Crippen molar-refractivity contribution in [2.45, 2.75) is 111 Å². The third kappa shape index (κ3) is 9.64. The lowest BCUT2D eigenvalue weighted by Crippen LogP contribution is -2.49. The minimum atomic E-state index is -0.624. The van der Waals surface area contributed by atoms with Gasteiger partial charge in [-0.1, -0.05) is 68.8 Å². The molecular weight excluding hydrogens is 938 g/mol. The van der Waals surface area contributed by atoms with Crippen LogP contribution in [0.4, 0.5) is 0 Å². The van der Waals surface area contributed by atoms with Crippen molar-refractivity contribution in [1.29, 1.82) is 0 Å². The maximum atomic E-state index is 14.4. The van der Waals surface area contributed by atoms with Gasteiger partial charge < -0.3 is 24.7 Å². The van der Waals surface area contributed by atoms with Crippen molar-refractivity contribution in [3.05, 3.63) is 135 Å². The summed E-state index contributed by atoms with van der Waals surface area (Å²) in [4.78, 5) is 58.7. The second-order valence-corrected chi connectivity index (χ2v) is 21.0. The molecule has 3 aliphatic rings. The first kappa shape index (κ1) is 47.7. The molecule has 0 bridgehead atoms. The number of fused-ring (bicyclic) bond motifs is 3. The van der Waals surface area contributed by atoms with Gasteiger partial charge in [0.1, 0.15) is 35.1 Å². The largest absolute Gasteiger partial charge is 0.474 e. The van der Waals surface area contributed by atoms with Crippen molar-refractivity contribution < 1.29 is 23.5 Å². The third-order valence-electron chi connectivity index (χ3n) is 13.8. The van der Waals surface area contributed by atoms with Crippen LogP contribution in [0.15, 0.2) is 95.1 Å². The number of thiophene rings is 1. The van der Waals surface area contributed by atoms with Gasteiger partial charge in [-0.2, -0.15) is 5.10 Å². The van der Waals surface area contributed by atoms with Gasteiger partial charge in [0.15, 0.2) is 18.0 Å². The molecule has 2 aromatic carbocycles. The van der Waals surface area contributed by atoms with Gasteiger partial charge in [0.2, 0.25) is 23.6 Å². The number of aromatic nitrogens is 7. The summed E-state index contributed by atoms with van der Waals surface area (Å²) in [5.41, 5.74) is 8.16. The number of likely N-dealkylation sites (tertiary alicyclic amines) is 1. The van der Waals surface area contributed by atoms with Crippen LogP contribution in [0, 0.1) is 39.5 Å². The number of hydrogen-bond acceptors (Lipinski definition) is 12. The summed E-state index contributed by atoms with van der Waals surface area (Å²) in [6.07, 6.45) is 8.51. The summed E-state index contributed by atoms with van der Waals surface area (Å²) in [6, 6.07) is 17.3. The predicted octanol–water partition coefficient (Wildman–Crippen LogP) is 8.89. The molecule has 7 aromatic rings. The number of amides is 3. The molecule has 16 nitrogen and oxygen atoms in total. The van der Waals surface area contributed by atoms with Crippen molar-refractivity contribution in [2.75, 3.05) is 6.54 Å². The number of aliphatic imine (C=N–C) groups is 1. The Morgan fingerprint density at radius 3 is 2.42 bits per heavy atom. The lowest BCUT2D eigenvalue weighted by atomic mass is 9.89. The monoisotopic (exact) mass is 993 g/mol. The van der Waals surface area contributed by atoms with E-state index in [9.17, 15) is 14.4 Å². The normalized spacial score (nSPS) is 19.9. The number of pyridine rings is 1. The van der Waals surface area contributed by atoms with Gasteiger partial charge in [0, 0.05) is 82.6 Å². The van der Waals surface area contributed by atoms with Gasteiger partial charge in [0.25, 0.3) is 0 Å². The van der Waals surface area contributed by atoms with Crippen molar-refractivity contribution in [1.82, 2.24) is 50.0 Å². The first-order valence-electron chi connectivity index (χ1n) is 24.1. The quantitative estimate of drug-likeness (QED) is 0.107. The van der Waals surface area contributed by atoms with Crippen molar-refractivity contribution >= 4 is 46.4 Å². The van der Waals surface area contributed by atoms with Crippen LogP contribution in [0.1, 0.15) is 103 Å². The smallest absolute Gasteiger partial charge is 0.248 e. The Bertz CT molecular complexity index is 3150. The molecular formula is C53H56ClN11O5S. The number of hydrogen-bond donors (Lipinski definition) is 2. The molecule has 1 aliphatic carbocycles. The summed E-state index contributed by atoms with van der Waals surface area (Å²) >= 11 is 7.96. The first-order valence-corrected chi connectivity index (χ1v) is 25.3. The zero-order valence-corrected chi connectivity index (χ0v) is 42.3. The number of aryl methyl sites for hydroxylation is 3. The van der Waals surface area contributed by atoms with E-state index >= 15 is 0 Å². The van der Waals surface area contributed by atoms with Crippen LogP contribution >= 0.6 is 22.9 Å². The molecule has 3 amide bonds. The Balaban J connectivity index is 0.757. The van der Waals surface area contributed by atoms with E-state index in [0.29, 0.717) is 49.1 Å². The van der Waals surface area contributed by atoms with Crippen LogP contribution in [-0.4, -0.2) is 87.6 Å². The molecule has 1 saturated heterocycles. The lowest BCUT2D eigenvalue weighted by Gasteiger charge is -2.35. The van der Waals surface area contributed by atoms with Gasteiger partial charge in [-0.05, 0) is 80.8 Å². The SMILES string of the molecule is Cc1ncoc1-c1ccc(CNC(=O)[C@@H]2C[C@@H](C)CN2C(=O)[C@H](C(C)C)n2cc(-c3ccnc(O[C@H]4C[C@@H](NC(=O)C[C@@H]5N=C(c6ccc(Cl)cc6)c6c(sc(C)c6C)-n6c(C)nnc65)C4)c3)cn2)cc1. The Morgan fingerprint density at radius 2 is 1.69 bits per heavy atom. The third-order valence-corrected chi connectivity index (χ3v) is 15.3. The van der Waals surface area contributed by atoms with Crippen molar-refractivity contribution in [2.24, 2.45) is 16.8 Å². The van der Waals surface area contributed by atoms with Crippen LogP contribution in [0.5, 0.6) is 5.88 Å². The molecule has 2 aliphatic heterocycles. The molecule has 18 heteroatoms. The number of carbonyl (C=O) groups excluding carboxylic acids is 3. The van der Waals surface area contributed by atoms with Gasteiger partial charge >= 0.3 is 0 Å². The molecule has 7 heterocycles. The maximum Gasteiger partial charge on any atom is 0.248 e. The van der Waals surface area contributed by atoms with Crippen LogP contribution in [0.3, 0.4) is 0 Å². The standard InChI is InChI=1S/C53H56ClN11O5S/c1-28(2)48(52(68)63-25-29(3)18-43(63)51(67)56-23-34-8-10-36(11-9-34)49-31(5)57-27-69-49)64-26-38(24-58-64)37-16-17-55-45(19-37)70-41-20-40(21-41)59-44(66)22-42-50-62-61-33(7)65(50)53-46(30(4)32(6)71-53)47(60-42)35-12-14-39(54)15-13-35/h8-17,19,24,26-29,40-43,48H,18,20-23,25H2,1-7H3,(H,56,67)(H,59,66)/t29-,40-,41+,42+,43+,48+/m1/s1. The zero-order valence-electron chi connectivity index (χ0n) is 40.7. The molecule has 0 unspecified atom stereocenters. The number of rotatable bonds is 14. The highest BCUT2D eigenvalue weighted by molar-refractivity contribution is 7.15. The van der Waals surface area contributed by atoms with Crippen LogP contribution < -0.4 is 15.4 Å². The zero-order chi connectivity index (χ0) is 49.7. The molecule has 366 valence electrons. The van der Waals surface area contributed by atoms with Crippen LogP contribution in [0.2, 0.25) is 5.02 Å². The highest BCUT2D eigenvalue weighted by Gasteiger charge is 2.42. The summed E-state index contributed by atoms with van der Waals surface area (Å²) < 4.78 is 15.6. The number of ether oxygens (including phenoxy) is 1. The topological polar surface area (TPSA) is 188 Å². The van der Waals surface area contributed by atoms with Crippen molar-refractivity contribution in [3.63, 3.8) is 0 Å². The molecule has 4 atom stereocenters. The number of halogens is 1. The predicted molar refractivity (Wildman–Crippen MR) is 271 cm³/mol. The van der Waals surface area contributed by atoms with Gasteiger partial charge in [-0.3, -0.25) is 28.6 Å². The number of benzene rings is 2. The Kier molecular flexibility index (Phi) is 13.2. The number of nitrogens with zero attached hydrogens (tertiary/aromatic N) is 9. The highest BCUT2D eigenvalue weighted by Crippen LogP contribution is 2.40. The molecule has 2 N–H and O–H groups in total. The fourth-order valence-electron chi connectivity index (χ4n) is 9.91. The fraction of sp³-hybridized carbons (Fsp3) is 0.377. The van der Waals surface area contributed by atoms with E-state index in [1.165, 1.54) is 11.3 Å².